The second kappa shape index (κ2) is 21.6. The quantitative estimate of drug-likeness (QED) is 0.120. The molecule has 17 rings (SSSR count). The zero-order valence-corrected chi connectivity index (χ0v) is 48.6. The minimum absolute atomic E-state index is 0.882. The van der Waals surface area contributed by atoms with Gasteiger partial charge in [-0.25, -0.2) is 0 Å². The van der Waals surface area contributed by atoms with Crippen LogP contribution >= 0.6 is 0 Å². The van der Waals surface area contributed by atoms with Gasteiger partial charge in [0.2, 0.25) is 0 Å². The molecule has 1 aromatic heterocycles. The Labute approximate surface area is 516 Å². The topological polar surface area (TPSA) is 19.6 Å². The van der Waals surface area contributed by atoms with Gasteiger partial charge in [0.1, 0.15) is 11.2 Å². The third kappa shape index (κ3) is 9.32. The van der Waals surface area contributed by atoms with Gasteiger partial charge in [-0.3, -0.25) is 0 Å². The summed E-state index contributed by atoms with van der Waals surface area (Å²) in [4.78, 5) is 4.79. The van der Waals surface area contributed by atoms with Crippen LogP contribution < -0.4 is 9.80 Å². The smallest absolute Gasteiger partial charge is 0.143 e. The number of nitrogens with zero attached hydrogens (tertiary/aromatic N) is 2. The molecule has 0 saturated carbocycles. The zero-order chi connectivity index (χ0) is 58.8. The molecule has 0 aliphatic heterocycles. The molecule has 0 saturated heterocycles. The highest BCUT2D eigenvalue weighted by Crippen LogP contribution is 2.45. The molecule has 416 valence electrons. The number of hydrogen-bond donors (Lipinski definition) is 0. The highest BCUT2D eigenvalue weighted by atomic mass is 16.3. The average molecular weight is 1130 g/mol. The van der Waals surface area contributed by atoms with Crippen molar-refractivity contribution >= 4 is 110 Å². The first-order chi connectivity index (χ1) is 44.1. The Morgan fingerprint density at radius 1 is 0.191 bits per heavy atom. The van der Waals surface area contributed by atoms with Crippen LogP contribution in [0.1, 0.15) is 0 Å². The second-order valence-electron chi connectivity index (χ2n) is 23.2. The van der Waals surface area contributed by atoms with Gasteiger partial charge in [-0.2, -0.15) is 0 Å². The molecule has 0 bridgehead atoms. The normalized spacial score (nSPS) is 11.6. The summed E-state index contributed by atoms with van der Waals surface area (Å²) in [5.41, 5.74) is 19.7. The van der Waals surface area contributed by atoms with Gasteiger partial charge in [0.15, 0.2) is 0 Å². The Morgan fingerprint density at radius 2 is 0.584 bits per heavy atom. The number of benzene rings is 16. The van der Waals surface area contributed by atoms with Crippen molar-refractivity contribution in [2.24, 2.45) is 0 Å². The molecule has 0 N–H and O–H groups in total. The maximum Gasteiger partial charge on any atom is 0.143 e. The molecule has 0 fully saturated rings. The third-order valence-corrected chi connectivity index (χ3v) is 18.0. The molecule has 16 aromatic carbocycles. The van der Waals surface area contributed by atoms with Gasteiger partial charge in [-0.15, -0.1) is 0 Å². The van der Waals surface area contributed by atoms with Crippen LogP contribution in [0.5, 0.6) is 0 Å². The Hall–Kier alpha value is -11.8. The first-order valence-corrected chi connectivity index (χ1v) is 30.5. The van der Waals surface area contributed by atoms with Gasteiger partial charge in [0.25, 0.3) is 0 Å². The first kappa shape index (κ1) is 51.6. The number of fused-ring (bicyclic) bond motifs is 10. The van der Waals surface area contributed by atoms with Gasteiger partial charge in [0, 0.05) is 50.3 Å². The Bertz CT molecular complexity index is 5560. The molecule has 89 heavy (non-hydrogen) atoms. The summed E-state index contributed by atoms with van der Waals surface area (Å²) in [6.45, 7) is 0. The Balaban J connectivity index is 0.763. The predicted octanol–water partition coefficient (Wildman–Crippen LogP) is 24.6. The Morgan fingerprint density at radius 3 is 1.26 bits per heavy atom. The van der Waals surface area contributed by atoms with E-state index in [0.717, 1.165) is 94.8 Å². The molecule has 0 aliphatic carbocycles. The van der Waals surface area contributed by atoms with Gasteiger partial charge in [-0.05, 0) is 195 Å². The van der Waals surface area contributed by atoms with E-state index in [9.17, 15) is 0 Å². The molecule has 0 amide bonds. The standard InChI is InChI=1S/C86H56N2O/c1-2-18-65-52-69(38-34-57(65)14-1)68-22-11-25-75(55-68)88(76-49-51-80-70(56-76)39-37-61-16-4-7-27-78(61)80)74-24-10-21-67(54-74)66-20-9-23-73(53-66)87(71-45-40-59(41-46-71)58-32-35-63(36-33-58)79-29-12-19-60-15-3-6-26-77(60)79)72-47-42-64(43-48-72)81-30-13-31-84-85(81)83-50-44-62-17-5-8-28-82(62)86(83)89-84/h1-56H. The minimum atomic E-state index is 0.882. The minimum Gasteiger partial charge on any atom is -0.455 e. The summed E-state index contributed by atoms with van der Waals surface area (Å²) in [5, 5.41) is 14.4. The third-order valence-electron chi connectivity index (χ3n) is 18.0. The molecule has 0 radical (unpaired) electrons. The molecular formula is C86H56N2O. The van der Waals surface area contributed by atoms with Gasteiger partial charge >= 0.3 is 0 Å². The largest absolute Gasteiger partial charge is 0.455 e. The van der Waals surface area contributed by atoms with Crippen molar-refractivity contribution < 1.29 is 4.42 Å². The summed E-state index contributed by atoms with van der Waals surface area (Å²) in [6, 6.07) is 124. The van der Waals surface area contributed by atoms with Crippen molar-refractivity contribution in [3.63, 3.8) is 0 Å². The van der Waals surface area contributed by atoms with E-state index in [1.807, 2.05) is 0 Å². The molecule has 3 heteroatoms. The van der Waals surface area contributed by atoms with Crippen molar-refractivity contribution in [1.82, 2.24) is 0 Å². The van der Waals surface area contributed by atoms with E-state index in [2.05, 4.69) is 350 Å². The van der Waals surface area contributed by atoms with Gasteiger partial charge in [-0.1, -0.05) is 249 Å². The van der Waals surface area contributed by atoms with E-state index in [1.54, 1.807) is 0 Å². The molecule has 0 spiro atoms. The number of anilines is 6. The summed E-state index contributed by atoms with van der Waals surface area (Å²) in [6.07, 6.45) is 0. The van der Waals surface area contributed by atoms with E-state index in [0.29, 0.717) is 0 Å². The van der Waals surface area contributed by atoms with Crippen LogP contribution in [0.2, 0.25) is 0 Å². The maximum absolute atomic E-state index is 6.65. The molecule has 1 heterocycles. The van der Waals surface area contributed by atoms with Gasteiger partial charge < -0.3 is 14.2 Å². The van der Waals surface area contributed by atoms with Crippen LogP contribution in [0.15, 0.2) is 344 Å². The average Bonchev–Trinajstić information content (AvgIpc) is 2.14. The summed E-state index contributed by atoms with van der Waals surface area (Å²) in [7, 11) is 0. The molecular weight excluding hydrogens is 1080 g/mol. The fraction of sp³-hybridized carbons (Fsp3) is 0. The van der Waals surface area contributed by atoms with E-state index in [-0.39, 0.29) is 0 Å². The van der Waals surface area contributed by atoms with Crippen molar-refractivity contribution in [2.75, 3.05) is 9.80 Å². The van der Waals surface area contributed by atoms with Gasteiger partial charge in [0.05, 0.1) is 0 Å². The Kier molecular flexibility index (Phi) is 12.5. The van der Waals surface area contributed by atoms with Crippen LogP contribution in [-0.4, -0.2) is 0 Å². The first-order valence-electron chi connectivity index (χ1n) is 30.5. The van der Waals surface area contributed by atoms with E-state index in [4.69, 9.17) is 4.42 Å². The number of furan rings is 1. The van der Waals surface area contributed by atoms with Crippen molar-refractivity contribution in [3.8, 4) is 55.6 Å². The molecule has 17 aromatic rings. The lowest BCUT2D eigenvalue weighted by Gasteiger charge is -2.28. The summed E-state index contributed by atoms with van der Waals surface area (Å²) >= 11 is 0. The number of hydrogen-bond acceptors (Lipinski definition) is 3. The highest BCUT2D eigenvalue weighted by Gasteiger charge is 2.20. The van der Waals surface area contributed by atoms with Crippen LogP contribution in [0, 0.1) is 0 Å². The SMILES string of the molecule is c1cc(-c2cccc(N(c3cccc(-c4ccc5ccccc5c4)c3)c3ccc4c(ccc5ccccc54)c3)c2)cc(N(c2ccc(-c3ccc(-c4cccc5ccccc45)cc3)cc2)c2ccc(-c3cccc4oc5c6ccccc6ccc5c34)cc2)c1. The lowest BCUT2D eigenvalue weighted by molar-refractivity contribution is 0.673. The van der Waals surface area contributed by atoms with E-state index in [1.165, 1.54) is 70.7 Å². The van der Waals surface area contributed by atoms with E-state index >= 15 is 0 Å². The second-order valence-corrected chi connectivity index (χ2v) is 23.2. The monoisotopic (exact) mass is 1130 g/mol. The summed E-state index contributed by atoms with van der Waals surface area (Å²) < 4.78 is 6.65. The molecule has 0 unspecified atom stereocenters. The zero-order valence-electron chi connectivity index (χ0n) is 48.6. The predicted molar refractivity (Wildman–Crippen MR) is 378 cm³/mol. The number of rotatable bonds is 11. The fourth-order valence-corrected chi connectivity index (χ4v) is 13.6. The highest BCUT2D eigenvalue weighted by molar-refractivity contribution is 6.19. The van der Waals surface area contributed by atoms with Crippen molar-refractivity contribution in [2.45, 2.75) is 0 Å². The lowest BCUT2D eigenvalue weighted by Crippen LogP contribution is -2.10. The van der Waals surface area contributed by atoms with Crippen LogP contribution in [0.4, 0.5) is 34.1 Å². The van der Waals surface area contributed by atoms with Crippen molar-refractivity contribution in [3.05, 3.63) is 340 Å². The van der Waals surface area contributed by atoms with E-state index < -0.39 is 0 Å². The lowest BCUT2D eigenvalue weighted by atomic mass is 9.96. The fourth-order valence-electron chi connectivity index (χ4n) is 13.6. The molecule has 0 atom stereocenters. The van der Waals surface area contributed by atoms with Crippen LogP contribution in [-0.2, 0) is 0 Å². The molecule has 0 aliphatic rings. The summed E-state index contributed by atoms with van der Waals surface area (Å²) in [5.74, 6) is 0. The van der Waals surface area contributed by atoms with Crippen molar-refractivity contribution in [1.29, 1.82) is 0 Å². The van der Waals surface area contributed by atoms with Crippen LogP contribution in [0.3, 0.4) is 0 Å². The van der Waals surface area contributed by atoms with Crippen LogP contribution in [0.25, 0.3) is 131 Å². The molecule has 3 nitrogen and oxygen atoms in total. The maximum atomic E-state index is 6.65.